The van der Waals surface area contributed by atoms with Crippen molar-refractivity contribution in [1.82, 2.24) is 18.9 Å². The molecule has 0 spiro atoms. The number of aromatic nitrogens is 2. The Labute approximate surface area is 259 Å². The van der Waals surface area contributed by atoms with Gasteiger partial charge in [-0.3, -0.25) is 23.5 Å². The Hall–Kier alpha value is -3.41. The van der Waals surface area contributed by atoms with Crippen molar-refractivity contribution in [2.75, 3.05) is 31.6 Å². The molecule has 5 rings (SSSR count). The van der Waals surface area contributed by atoms with E-state index < -0.39 is 26.8 Å². The number of piperidine rings is 1. The minimum absolute atomic E-state index is 0.0167. The van der Waals surface area contributed by atoms with Crippen molar-refractivity contribution < 1.29 is 18.0 Å². The first-order valence-electron chi connectivity index (χ1n) is 14.0. The first-order valence-corrected chi connectivity index (χ1v) is 16.8. The van der Waals surface area contributed by atoms with Gasteiger partial charge in [0.25, 0.3) is 5.56 Å². The summed E-state index contributed by atoms with van der Waals surface area (Å²) in [6.45, 7) is 0.723. The number of hydrogen-bond donors (Lipinski definition) is 0. The second-order valence-corrected chi connectivity index (χ2v) is 14.1. The fourth-order valence-electron chi connectivity index (χ4n) is 5.78. The molecule has 2 amide bonds. The lowest BCUT2D eigenvalue weighted by molar-refractivity contribution is -0.136. The molecule has 0 aliphatic carbocycles. The minimum Gasteiger partial charge on any atom is -0.341 e. The molecule has 1 saturated heterocycles. The lowest BCUT2D eigenvalue weighted by Crippen LogP contribution is -2.50. The maximum Gasteiger partial charge on any atom is 0.331 e. The number of amides is 2. The predicted molar refractivity (Wildman–Crippen MR) is 165 cm³/mol. The highest BCUT2D eigenvalue weighted by atomic mass is 35.5. The molecule has 0 atom stereocenters. The molecule has 0 N–H and O–H groups in total. The molecule has 0 saturated carbocycles. The van der Waals surface area contributed by atoms with Crippen LogP contribution in [0.25, 0.3) is 11.1 Å². The van der Waals surface area contributed by atoms with Crippen LogP contribution in [0.3, 0.4) is 0 Å². The summed E-state index contributed by atoms with van der Waals surface area (Å²) >= 11 is 12.5. The number of nitrogens with zero attached hydrogens (tertiary/aromatic N) is 4. The number of carbonyl (C=O) groups excluding carboxylic acids is 2. The SMILES string of the molecule is CS(=O)(=O)CCn1c(=O)c(-c2cccc(Cl)c2Cl)cn(CC(=O)N2CCC(N3CCc4ccccc4CC3=O)CC2)c1=O. The quantitative estimate of drug-likeness (QED) is 0.389. The average Bonchev–Trinajstić information content (AvgIpc) is 3.13. The zero-order valence-corrected chi connectivity index (χ0v) is 26.0. The molecule has 1 aromatic heterocycles. The molecule has 13 heteroatoms. The van der Waals surface area contributed by atoms with E-state index in [-0.39, 0.29) is 52.1 Å². The Balaban J connectivity index is 1.34. The summed E-state index contributed by atoms with van der Waals surface area (Å²) in [7, 11) is -3.50. The molecule has 2 aliphatic rings. The number of carbonyl (C=O) groups is 2. The number of benzene rings is 2. The average molecular weight is 648 g/mol. The van der Waals surface area contributed by atoms with Gasteiger partial charge in [0.05, 0.1) is 27.8 Å². The predicted octanol–water partition coefficient (Wildman–Crippen LogP) is 2.65. The van der Waals surface area contributed by atoms with Gasteiger partial charge in [-0.25, -0.2) is 13.2 Å². The Bertz CT molecular complexity index is 1790. The van der Waals surface area contributed by atoms with Crippen LogP contribution >= 0.6 is 23.2 Å². The second-order valence-electron chi connectivity index (χ2n) is 11.0. The van der Waals surface area contributed by atoms with E-state index in [0.29, 0.717) is 38.9 Å². The van der Waals surface area contributed by atoms with Crippen LogP contribution in [0.2, 0.25) is 10.0 Å². The summed E-state index contributed by atoms with van der Waals surface area (Å²) in [4.78, 5) is 56.7. The summed E-state index contributed by atoms with van der Waals surface area (Å²) in [5.41, 5.74) is 1.00. The molecule has 0 bridgehead atoms. The molecular weight excluding hydrogens is 615 g/mol. The van der Waals surface area contributed by atoms with E-state index in [4.69, 9.17) is 23.2 Å². The van der Waals surface area contributed by atoms with E-state index in [2.05, 4.69) is 6.07 Å². The van der Waals surface area contributed by atoms with Gasteiger partial charge in [-0.2, -0.15) is 0 Å². The van der Waals surface area contributed by atoms with Crippen molar-refractivity contribution in [2.45, 2.75) is 44.8 Å². The summed E-state index contributed by atoms with van der Waals surface area (Å²) < 4.78 is 25.6. The first kappa shape index (κ1) is 31.0. The van der Waals surface area contributed by atoms with Crippen LogP contribution in [0.4, 0.5) is 0 Å². The zero-order valence-electron chi connectivity index (χ0n) is 23.7. The molecule has 0 unspecified atom stereocenters. The highest BCUT2D eigenvalue weighted by Crippen LogP contribution is 2.31. The van der Waals surface area contributed by atoms with Crippen molar-refractivity contribution in [3.63, 3.8) is 0 Å². The van der Waals surface area contributed by atoms with Crippen LogP contribution in [0.5, 0.6) is 0 Å². The lowest BCUT2D eigenvalue weighted by Gasteiger charge is -2.38. The lowest BCUT2D eigenvalue weighted by atomic mass is 10.0. The van der Waals surface area contributed by atoms with Gasteiger partial charge in [-0.05, 0) is 36.5 Å². The molecular formula is C30H32Cl2N4O6S. The van der Waals surface area contributed by atoms with Gasteiger partial charge in [-0.15, -0.1) is 0 Å². The van der Waals surface area contributed by atoms with E-state index in [1.807, 2.05) is 23.1 Å². The van der Waals surface area contributed by atoms with Crippen molar-refractivity contribution in [3.05, 3.63) is 90.7 Å². The maximum absolute atomic E-state index is 13.4. The fraction of sp³-hybridized carbons (Fsp3) is 0.400. The van der Waals surface area contributed by atoms with E-state index in [1.165, 1.54) is 11.8 Å². The minimum atomic E-state index is -3.50. The maximum atomic E-state index is 13.4. The van der Waals surface area contributed by atoms with E-state index in [9.17, 15) is 27.6 Å². The molecule has 228 valence electrons. The van der Waals surface area contributed by atoms with Crippen molar-refractivity contribution in [3.8, 4) is 11.1 Å². The van der Waals surface area contributed by atoms with Gasteiger partial charge in [-0.1, -0.05) is 59.6 Å². The number of halogens is 2. The third-order valence-corrected chi connectivity index (χ3v) is 9.87. The summed E-state index contributed by atoms with van der Waals surface area (Å²) in [6.07, 6.45) is 4.67. The first-order chi connectivity index (χ1) is 20.4. The fourth-order valence-corrected chi connectivity index (χ4v) is 6.70. The smallest absolute Gasteiger partial charge is 0.331 e. The standard InChI is InChI=1S/C30H32Cl2N4O6S/c1-43(41,42)16-15-36-29(39)24(23-7-4-8-25(31)28(23)32)18-34(30(36)40)19-27(38)33-12-10-22(11-13-33)35-14-9-20-5-2-3-6-21(20)17-26(35)37/h2-8,18,22H,9-17,19H2,1H3. The van der Waals surface area contributed by atoms with E-state index >= 15 is 0 Å². The number of likely N-dealkylation sites (tertiary alicyclic amines) is 1. The normalized spacial score (nSPS) is 16.2. The van der Waals surface area contributed by atoms with Crippen molar-refractivity contribution >= 4 is 44.9 Å². The highest BCUT2D eigenvalue weighted by molar-refractivity contribution is 7.90. The van der Waals surface area contributed by atoms with Crippen LogP contribution < -0.4 is 11.2 Å². The largest absolute Gasteiger partial charge is 0.341 e. The van der Waals surface area contributed by atoms with E-state index in [1.54, 1.807) is 23.1 Å². The molecule has 1 fully saturated rings. The second kappa shape index (κ2) is 12.7. The third-order valence-electron chi connectivity index (χ3n) is 8.13. The van der Waals surface area contributed by atoms with Gasteiger partial charge in [0, 0.05) is 50.2 Å². The number of rotatable bonds is 7. The van der Waals surface area contributed by atoms with Crippen molar-refractivity contribution in [2.24, 2.45) is 0 Å². The molecule has 43 heavy (non-hydrogen) atoms. The topological polar surface area (TPSA) is 119 Å². The summed E-state index contributed by atoms with van der Waals surface area (Å²) in [5, 5.41) is 0.297. The van der Waals surface area contributed by atoms with Crippen LogP contribution in [0.15, 0.2) is 58.3 Å². The van der Waals surface area contributed by atoms with Crippen LogP contribution in [-0.4, -0.2) is 76.9 Å². The summed E-state index contributed by atoms with van der Waals surface area (Å²) in [5.74, 6) is -0.673. The van der Waals surface area contributed by atoms with E-state index in [0.717, 1.165) is 27.4 Å². The molecule has 2 aliphatic heterocycles. The molecule has 0 radical (unpaired) electrons. The van der Waals surface area contributed by atoms with Gasteiger partial charge in [0.1, 0.15) is 16.4 Å². The van der Waals surface area contributed by atoms with Crippen LogP contribution in [-0.2, 0) is 45.4 Å². The van der Waals surface area contributed by atoms with Gasteiger partial charge in [0.15, 0.2) is 0 Å². The Morgan fingerprint density at radius 1 is 0.930 bits per heavy atom. The van der Waals surface area contributed by atoms with Crippen LogP contribution in [0, 0.1) is 0 Å². The van der Waals surface area contributed by atoms with Gasteiger partial charge >= 0.3 is 5.69 Å². The highest BCUT2D eigenvalue weighted by Gasteiger charge is 2.31. The third kappa shape index (κ3) is 6.89. The Morgan fingerprint density at radius 2 is 1.63 bits per heavy atom. The molecule has 3 aromatic rings. The number of hydrogen-bond acceptors (Lipinski definition) is 6. The Kier molecular flexibility index (Phi) is 9.15. The van der Waals surface area contributed by atoms with Crippen molar-refractivity contribution in [1.29, 1.82) is 0 Å². The molecule has 3 heterocycles. The molecule has 10 nitrogen and oxygen atoms in total. The zero-order chi connectivity index (χ0) is 30.9. The summed E-state index contributed by atoms with van der Waals surface area (Å²) in [6, 6.07) is 12.7. The van der Waals surface area contributed by atoms with Crippen LogP contribution in [0.1, 0.15) is 24.0 Å². The molecule has 2 aromatic carbocycles. The van der Waals surface area contributed by atoms with Gasteiger partial charge in [0.2, 0.25) is 11.8 Å². The Morgan fingerprint density at radius 3 is 2.33 bits per heavy atom. The number of sulfone groups is 1. The van der Waals surface area contributed by atoms with Gasteiger partial charge < -0.3 is 9.80 Å². The monoisotopic (exact) mass is 646 g/mol. The number of fused-ring (bicyclic) bond motifs is 1.